The lowest BCUT2D eigenvalue weighted by Crippen LogP contribution is -2.05. The first-order chi connectivity index (χ1) is 7.45. The number of aliphatic hydroxyl groups is 1. The lowest BCUT2D eigenvalue weighted by Gasteiger charge is -2.18. The van der Waals surface area contributed by atoms with Gasteiger partial charge >= 0.3 is 0 Å². The number of rotatable bonds is 4. The molecule has 1 N–H and O–H groups in total. The highest BCUT2D eigenvalue weighted by Crippen LogP contribution is 2.29. The number of aliphatic hydroxyl groups excluding tert-OH is 1. The highest BCUT2D eigenvalue weighted by molar-refractivity contribution is 5.42. The second kappa shape index (κ2) is 5.35. The topological polar surface area (TPSA) is 29.5 Å². The molecule has 90 valence electrons. The Hall–Kier alpha value is -1.02. The summed E-state index contributed by atoms with van der Waals surface area (Å²) in [7, 11) is 1.67. The summed E-state index contributed by atoms with van der Waals surface area (Å²) in [6.07, 6.45) is 0.427. The van der Waals surface area contributed by atoms with Gasteiger partial charge < -0.3 is 9.84 Å². The molecule has 0 aliphatic heterocycles. The maximum atomic E-state index is 10.1. The minimum atomic E-state index is -0.371. The van der Waals surface area contributed by atoms with Gasteiger partial charge in [-0.1, -0.05) is 13.8 Å². The van der Waals surface area contributed by atoms with Gasteiger partial charge in [-0.3, -0.25) is 0 Å². The van der Waals surface area contributed by atoms with Crippen LogP contribution < -0.4 is 4.74 Å². The number of benzene rings is 1. The number of methoxy groups -OCH3 is 1. The molecule has 1 atom stereocenters. The van der Waals surface area contributed by atoms with Crippen LogP contribution in [0.2, 0.25) is 0 Å². The molecule has 0 aromatic heterocycles. The van der Waals surface area contributed by atoms with E-state index in [0.29, 0.717) is 5.92 Å². The van der Waals surface area contributed by atoms with E-state index in [4.69, 9.17) is 4.74 Å². The van der Waals surface area contributed by atoms with E-state index in [2.05, 4.69) is 13.8 Å². The summed E-state index contributed by atoms with van der Waals surface area (Å²) in [5, 5.41) is 10.1. The Morgan fingerprint density at radius 1 is 1.19 bits per heavy atom. The molecule has 0 heterocycles. The van der Waals surface area contributed by atoms with Gasteiger partial charge in [0.1, 0.15) is 5.75 Å². The number of ether oxygens (including phenoxy) is 1. The molecule has 0 fully saturated rings. The van der Waals surface area contributed by atoms with Gasteiger partial charge in [0, 0.05) is 0 Å². The Bertz CT molecular complexity index is 356. The Balaban J connectivity index is 3.01. The van der Waals surface area contributed by atoms with E-state index in [1.54, 1.807) is 7.11 Å². The van der Waals surface area contributed by atoms with Gasteiger partial charge in [-0.05, 0) is 55.0 Å². The molecule has 0 saturated heterocycles. The molecule has 0 radical (unpaired) electrons. The van der Waals surface area contributed by atoms with Gasteiger partial charge in [-0.25, -0.2) is 0 Å². The zero-order chi connectivity index (χ0) is 12.3. The third kappa shape index (κ3) is 2.99. The quantitative estimate of drug-likeness (QED) is 0.846. The molecule has 0 bridgehead atoms. The van der Waals surface area contributed by atoms with Crippen LogP contribution in [0.1, 0.15) is 43.1 Å². The van der Waals surface area contributed by atoms with Crippen LogP contribution in [0.3, 0.4) is 0 Å². The number of aryl methyl sites for hydroxylation is 2. The van der Waals surface area contributed by atoms with Gasteiger partial charge in [0.05, 0.1) is 13.2 Å². The van der Waals surface area contributed by atoms with Crippen LogP contribution >= 0.6 is 0 Å². The fourth-order valence-electron chi connectivity index (χ4n) is 1.96. The minimum absolute atomic E-state index is 0.371. The molecular formula is C14H22O2. The zero-order valence-electron chi connectivity index (χ0n) is 10.9. The summed E-state index contributed by atoms with van der Waals surface area (Å²) in [6.45, 7) is 8.26. The van der Waals surface area contributed by atoms with Crippen molar-refractivity contribution in [1.82, 2.24) is 0 Å². The highest BCUT2D eigenvalue weighted by atomic mass is 16.5. The second-order valence-electron chi connectivity index (χ2n) is 4.82. The van der Waals surface area contributed by atoms with E-state index >= 15 is 0 Å². The van der Waals surface area contributed by atoms with E-state index in [1.165, 1.54) is 0 Å². The van der Waals surface area contributed by atoms with Crippen molar-refractivity contribution in [2.45, 2.75) is 40.2 Å². The molecule has 2 nitrogen and oxygen atoms in total. The van der Waals surface area contributed by atoms with Crippen LogP contribution in [0, 0.1) is 19.8 Å². The molecule has 1 rings (SSSR count). The van der Waals surface area contributed by atoms with Crippen LogP contribution in [0.25, 0.3) is 0 Å². The Labute approximate surface area is 98.3 Å². The highest BCUT2D eigenvalue weighted by Gasteiger charge is 2.14. The SMILES string of the molecule is COc1cc(C)c(C(O)CC(C)C)cc1C. The van der Waals surface area contributed by atoms with Gasteiger partial charge in [-0.15, -0.1) is 0 Å². The maximum Gasteiger partial charge on any atom is 0.122 e. The molecule has 1 aromatic rings. The number of hydrogen-bond acceptors (Lipinski definition) is 2. The standard InChI is InChI=1S/C14H22O2/c1-9(2)6-13(15)12-7-11(4)14(16-5)8-10(12)3/h7-9,13,15H,6H2,1-5H3. The second-order valence-corrected chi connectivity index (χ2v) is 4.82. The average Bonchev–Trinajstić information content (AvgIpc) is 2.19. The first-order valence-electron chi connectivity index (χ1n) is 5.79. The first kappa shape index (κ1) is 13.0. The summed E-state index contributed by atoms with van der Waals surface area (Å²) in [4.78, 5) is 0. The molecule has 0 aliphatic carbocycles. The van der Waals surface area contributed by atoms with Crippen LogP contribution in [0.15, 0.2) is 12.1 Å². The Morgan fingerprint density at radius 3 is 2.31 bits per heavy atom. The van der Waals surface area contributed by atoms with Crippen molar-refractivity contribution in [3.63, 3.8) is 0 Å². The van der Waals surface area contributed by atoms with Crippen molar-refractivity contribution >= 4 is 0 Å². The molecule has 2 heteroatoms. The summed E-state index contributed by atoms with van der Waals surface area (Å²) >= 11 is 0. The van der Waals surface area contributed by atoms with Crippen molar-refractivity contribution in [2.24, 2.45) is 5.92 Å². The van der Waals surface area contributed by atoms with E-state index in [0.717, 1.165) is 28.9 Å². The molecule has 1 aromatic carbocycles. The Morgan fingerprint density at radius 2 is 1.81 bits per heavy atom. The van der Waals surface area contributed by atoms with Crippen molar-refractivity contribution in [2.75, 3.05) is 7.11 Å². The van der Waals surface area contributed by atoms with Crippen molar-refractivity contribution in [3.8, 4) is 5.75 Å². The molecule has 0 amide bonds. The lowest BCUT2D eigenvalue weighted by molar-refractivity contribution is 0.150. The van der Waals surface area contributed by atoms with Crippen LogP contribution in [0.5, 0.6) is 5.75 Å². The van der Waals surface area contributed by atoms with Crippen molar-refractivity contribution in [3.05, 3.63) is 28.8 Å². The van der Waals surface area contributed by atoms with Crippen molar-refractivity contribution < 1.29 is 9.84 Å². The van der Waals surface area contributed by atoms with Crippen LogP contribution in [-0.4, -0.2) is 12.2 Å². The van der Waals surface area contributed by atoms with Gasteiger partial charge in [-0.2, -0.15) is 0 Å². The van der Waals surface area contributed by atoms with E-state index < -0.39 is 0 Å². The molecule has 1 unspecified atom stereocenters. The monoisotopic (exact) mass is 222 g/mol. The fourth-order valence-corrected chi connectivity index (χ4v) is 1.96. The smallest absolute Gasteiger partial charge is 0.122 e. The molecule has 0 spiro atoms. The predicted octanol–water partition coefficient (Wildman–Crippen LogP) is 3.39. The summed E-state index contributed by atoms with van der Waals surface area (Å²) in [5.74, 6) is 1.38. The summed E-state index contributed by atoms with van der Waals surface area (Å²) < 4.78 is 5.26. The fraction of sp³-hybridized carbons (Fsp3) is 0.571. The zero-order valence-corrected chi connectivity index (χ0v) is 10.9. The van der Waals surface area contributed by atoms with E-state index in [1.807, 2.05) is 26.0 Å². The third-order valence-electron chi connectivity index (χ3n) is 2.84. The van der Waals surface area contributed by atoms with E-state index in [-0.39, 0.29) is 6.10 Å². The predicted molar refractivity (Wildman–Crippen MR) is 66.9 cm³/mol. The summed E-state index contributed by atoms with van der Waals surface area (Å²) in [6, 6.07) is 4.02. The molecule has 16 heavy (non-hydrogen) atoms. The Kier molecular flexibility index (Phi) is 4.36. The first-order valence-corrected chi connectivity index (χ1v) is 5.79. The molecular weight excluding hydrogens is 200 g/mol. The lowest BCUT2D eigenvalue weighted by atomic mass is 9.94. The van der Waals surface area contributed by atoms with Crippen molar-refractivity contribution in [1.29, 1.82) is 0 Å². The largest absolute Gasteiger partial charge is 0.496 e. The van der Waals surface area contributed by atoms with Gasteiger partial charge in [0.25, 0.3) is 0 Å². The minimum Gasteiger partial charge on any atom is -0.496 e. The van der Waals surface area contributed by atoms with Crippen LogP contribution in [-0.2, 0) is 0 Å². The molecule has 0 saturated carbocycles. The third-order valence-corrected chi connectivity index (χ3v) is 2.84. The van der Waals surface area contributed by atoms with E-state index in [9.17, 15) is 5.11 Å². The van der Waals surface area contributed by atoms with Gasteiger partial charge in [0.2, 0.25) is 0 Å². The summed E-state index contributed by atoms with van der Waals surface area (Å²) in [5.41, 5.74) is 3.19. The molecule has 0 aliphatic rings. The maximum absolute atomic E-state index is 10.1. The van der Waals surface area contributed by atoms with Crippen LogP contribution in [0.4, 0.5) is 0 Å². The normalized spacial score (nSPS) is 12.9. The average molecular weight is 222 g/mol. The van der Waals surface area contributed by atoms with Gasteiger partial charge in [0.15, 0.2) is 0 Å². The number of hydrogen-bond donors (Lipinski definition) is 1.